The molecule has 2 aromatic carbocycles. The normalized spacial score (nSPS) is 29.2. The van der Waals surface area contributed by atoms with Crippen molar-refractivity contribution in [2.24, 2.45) is 0 Å². The van der Waals surface area contributed by atoms with Gasteiger partial charge in [0.05, 0.1) is 18.8 Å². The minimum atomic E-state index is -1.78. The van der Waals surface area contributed by atoms with Gasteiger partial charge >= 0.3 is 0 Å². The Morgan fingerprint density at radius 1 is 1.17 bits per heavy atom. The van der Waals surface area contributed by atoms with Crippen molar-refractivity contribution in [3.05, 3.63) is 87.0 Å². The molecule has 3 aromatic rings. The molecule has 1 saturated carbocycles. The SMILES string of the molecule is COc1nc(Cl)cc2c1[C@]1(O)[C@H](O)C[C@@H](c3ccccc3)[C@]1(c1ccc(Br)cc1)O2. The van der Waals surface area contributed by atoms with Crippen molar-refractivity contribution in [3.63, 3.8) is 0 Å². The maximum atomic E-state index is 12.2. The first-order valence-electron chi connectivity index (χ1n) is 9.57. The number of aromatic nitrogens is 1. The maximum absolute atomic E-state index is 12.2. The first kappa shape index (κ1) is 19.8. The first-order chi connectivity index (χ1) is 14.4. The number of hydrogen-bond acceptors (Lipinski definition) is 5. The Hall–Kier alpha value is -2.12. The van der Waals surface area contributed by atoms with E-state index in [4.69, 9.17) is 21.1 Å². The molecule has 0 saturated heterocycles. The lowest BCUT2D eigenvalue weighted by Gasteiger charge is -2.40. The van der Waals surface area contributed by atoms with E-state index in [9.17, 15) is 10.2 Å². The van der Waals surface area contributed by atoms with Crippen LogP contribution in [0.4, 0.5) is 0 Å². The third-order valence-corrected chi connectivity index (χ3v) is 6.96. The summed E-state index contributed by atoms with van der Waals surface area (Å²) in [4.78, 5) is 4.22. The maximum Gasteiger partial charge on any atom is 0.224 e. The minimum absolute atomic E-state index is 0.145. The lowest BCUT2D eigenvalue weighted by atomic mass is 9.71. The monoisotopic (exact) mass is 487 g/mol. The van der Waals surface area contributed by atoms with Gasteiger partial charge in [0.15, 0.2) is 11.2 Å². The van der Waals surface area contributed by atoms with Crippen LogP contribution in [0.2, 0.25) is 5.15 Å². The standard InChI is InChI=1S/C23H19BrClNO4/c1-29-21-20-17(12-19(25)26-21)30-23(14-7-9-15(24)10-8-14)16(11-18(27)22(20,23)28)13-5-3-2-4-6-13/h2-10,12,16,18,27-28H,11H2,1H3/t16-,18+,22+,23-/m0/s1. The molecule has 1 aromatic heterocycles. The summed E-state index contributed by atoms with van der Waals surface area (Å²) in [6, 6.07) is 18.9. The number of ether oxygens (including phenoxy) is 2. The fourth-order valence-corrected chi connectivity index (χ4v) is 5.47. The molecular formula is C23H19BrClNO4. The van der Waals surface area contributed by atoms with Crippen LogP contribution in [-0.4, -0.2) is 28.4 Å². The highest BCUT2D eigenvalue weighted by molar-refractivity contribution is 9.10. The Balaban J connectivity index is 1.83. The van der Waals surface area contributed by atoms with Crippen LogP contribution in [0.3, 0.4) is 0 Å². The van der Waals surface area contributed by atoms with Crippen molar-refractivity contribution in [2.75, 3.05) is 7.11 Å². The van der Waals surface area contributed by atoms with Gasteiger partial charge in [0.25, 0.3) is 0 Å². The van der Waals surface area contributed by atoms with Crippen LogP contribution in [0.15, 0.2) is 65.1 Å². The molecule has 0 unspecified atom stereocenters. The number of halogens is 2. The van der Waals surface area contributed by atoms with E-state index in [2.05, 4.69) is 20.9 Å². The number of pyridine rings is 1. The summed E-state index contributed by atoms with van der Waals surface area (Å²) in [6.07, 6.45) is -0.800. The molecule has 7 heteroatoms. The van der Waals surface area contributed by atoms with Crippen molar-refractivity contribution in [3.8, 4) is 11.6 Å². The lowest BCUT2D eigenvalue weighted by molar-refractivity contribution is -0.150. The number of hydrogen-bond donors (Lipinski definition) is 2. The van der Waals surface area contributed by atoms with Gasteiger partial charge in [-0.25, -0.2) is 4.98 Å². The third kappa shape index (κ3) is 2.51. The van der Waals surface area contributed by atoms with Gasteiger partial charge in [-0.05, 0) is 29.7 Å². The van der Waals surface area contributed by atoms with Crippen LogP contribution in [-0.2, 0) is 11.2 Å². The lowest BCUT2D eigenvalue weighted by Crippen LogP contribution is -2.52. The predicted octanol–water partition coefficient (Wildman–Crippen LogP) is 4.53. The van der Waals surface area contributed by atoms with Crippen LogP contribution in [0.1, 0.15) is 29.0 Å². The summed E-state index contributed by atoms with van der Waals surface area (Å²) < 4.78 is 12.9. The summed E-state index contributed by atoms with van der Waals surface area (Å²) in [5, 5.41) is 23.6. The summed E-state index contributed by atoms with van der Waals surface area (Å²) >= 11 is 9.66. The van der Waals surface area contributed by atoms with Gasteiger partial charge in [0, 0.05) is 16.5 Å². The van der Waals surface area contributed by atoms with Gasteiger partial charge in [-0.15, -0.1) is 0 Å². The van der Waals surface area contributed by atoms with Gasteiger partial charge in [-0.3, -0.25) is 0 Å². The number of aliphatic hydroxyl groups excluding tert-OH is 1. The van der Waals surface area contributed by atoms with Crippen LogP contribution < -0.4 is 9.47 Å². The second kappa shape index (κ2) is 6.95. The van der Waals surface area contributed by atoms with Crippen molar-refractivity contribution in [1.29, 1.82) is 0 Å². The topological polar surface area (TPSA) is 71.8 Å². The minimum Gasteiger partial charge on any atom is -0.481 e. The van der Waals surface area contributed by atoms with E-state index in [0.717, 1.165) is 15.6 Å². The molecule has 1 fully saturated rings. The molecule has 0 amide bonds. The van der Waals surface area contributed by atoms with Gasteiger partial charge in [-0.1, -0.05) is 70.0 Å². The molecule has 2 N–H and O–H groups in total. The first-order valence-corrected chi connectivity index (χ1v) is 10.7. The van der Waals surface area contributed by atoms with Gasteiger partial charge < -0.3 is 19.7 Å². The number of nitrogens with zero attached hydrogens (tertiary/aromatic N) is 1. The second-order valence-corrected chi connectivity index (χ2v) is 8.96. The number of aliphatic hydroxyl groups is 2. The van der Waals surface area contributed by atoms with E-state index >= 15 is 0 Å². The van der Waals surface area contributed by atoms with Crippen molar-refractivity contribution < 1.29 is 19.7 Å². The zero-order chi connectivity index (χ0) is 21.1. The van der Waals surface area contributed by atoms with Crippen molar-refractivity contribution in [1.82, 2.24) is 4.98 Å². The van der Waals surface area contributed by atoms with Crippen LogP contribution in [0.25, 0.3) is 0 Å². The van der Waals surface area contributed by atoms with E-state index < -0.39 is 17.3 Å². The quantitative estimate of drug-likeness (QED) is 0.530. The number of rotatable bonds is 3. The van der Waals surface area contributed by atoms with E-state index in [1.54, 1.807) is 6.07 Å². The molecule has 1 aliphatic heterocycles. The number of fused-ring (bicyclic) bond motifs is 3. The van der Waals surface area contributed by atoms with Crippen LogP contribution in [0.5, 0.6) is 11.6 Å². The predicted molar refractivity (Wildman–Crippen MR) is 116 cm³/mol. The molecule has 2 heterocycles. The van der Waals surface area contributed by atoms with Gasteiger partial charge in [-0.2, -0.15) is 0 Å². The average molecular weight is 489 g/mol. The second-order valence-electron chi connectivity index (χ2n) is 7.65. The van der Waals surface area contributed by atoms with Gasteiger partial charge in [0.1, 0.15) is 10.9 Å². The Bertz CT molecular complexity index is 1110. The number of benzene rings is 2. The van der Waals surface area contributed by atoms with E-state index in [1.807, 2.05) is 54.6 Å². The Kier molecular flexibility index (Phi) is 4.59. The van der Waals surface area contributed by atoms with Gasteiger partial charge in [0.2, 0.25) is 5.88 Å². The van der Waals surface area contributed by atoms with Crippen molar-refractivity contribution in [2.45, 2.75) is 29.6 Å². The zero-order valence-corrected chi connectivity index (χ0v) is 18.4. The Labute approximate surface area is 187 Å². The molecule has 4 atom stereocenters. The van der Waals surface area contributed by atoms with E-state index in [-0.39, 0.29) is 17.0 Å². The summed E-state index contributed by atoms with van der Waals surface area (Å²) in [6.45, 7) is 0. The summed E-state index contributed by atoms with van der Waals surface area (Å²) in [7, 11) is 1.46. The highest BCUT2D eigenvalue weighted by Gasteiger charge is 2.73. The third-order valence-electron chi connectivity index (χ3n) is 6.24. The molecule has 2 aliphatic rings. The average Bonchev–Trinajstić information content (AvgIpc) is 3.14. The molecule has 1 aliphatic carbocycles. The summed E-state index contributed by atoms with van der Waals surface area (Å²) in [5.41, 5.74) is -1.03. The molecule has 5 nitrogen and oxygen atoms in total. The molecule has 0 bridgehead atoms. The van der Waals surface area contributed by atoms with E-state index in [0.29, 0.717) is 17.7 Å². The van der Waals surface area contributed by atoms with Crippen molar-refractivity contribution >= 4 is 27.5 Å². The molecule has 30 heavy (non-hydrogen) atoms. The zero-order valence-electron chi connectivity index (χ0n) is 16.0. The van der Waals surface area contributed by atoms with E-state index in [1.165, 1.54) is 7.11 Å². The number of methoxy groups -OCH3 is 1. The largest absolute Gasteiger partial charge is 0.481 e. The highest BCUT2D eigenvalue weighted by Crippen LogP contribution is 2.68. The fourth-order valence-electron chi connectivity index (χ4n) is 5.03. The van der Waals surface area contributed by atoms with Crippen LogP contribution in [0, 0.1) is 0 Å². The smallest absolute Gasteiger partial charge is 0.224 e. The molecule has 5 rings (SSSR count). The Morgan fingerprint density at radius 3 is 2.53 bits per heavy atom. The molecule has 154 valence electrons. The highest BCUT2D eigenvalue weighted by atomic mass is 79.9. The fraction of sp³-hybridized carbons (Fsp3) is 0.261. The molecule has 0 spiro atoms. The molecule has 0 radical (unpaired) electrons. The molecular weight excluding hydrogens is 470 g/mol. The van der Waals surface area contributed by atoms with Crippen LogP contribution >= 0.6 is 27.5 Å². The summed E-state index contributed by atoms with van der Waals surface area (Å²) in [5.74, 6) is 0.180. The Morgan fingerprint density at radius 2 is 1.87 bits per heavy atom.